The number of halogens is 2. The molecule has 1 fully saturated rings. The summed E-state index contributed by atoms with van der Waals surface area (Å²) in [4.78, 5) is 6.70. The normalized spacial score (nSPS) is 18.1. The summed E-state index contributed by atoms with van der Waals surface area (Å²) in [5, 5.41) is 4.10. The Balaban J connectivity index is 1.60. The van der Waals surface area contributed by atoms with Gasteiger partial charge in [0.05, 0.1) is 11.7 Å². The van der Waals surface area contributed by atoms with Gasteiger partial charge >= 0.3 is 0 Å². The summed E-state index contributed by atoms with van der Waals surface area (Å²) in [6, 6.07) is 24.0. The quantitative estimate of drug-likeness (QED) is 0.261. The van der Waals surface area contributed by atoms with Crippen LogP contribution in [-0.2, 0) is 0 Å². The molecule has 160 valence electrons. The van der Waals surface area contributed by atoms with E-state index < -0.39 is 0 Å². The Morgan fingerprint density at radius 2 is 1.81 bits per heavy atom. The standard InChI is InChI=1S/C25H19Br2N3OS/c1-15-5-10-18(19(27)14-15)21-11-12-22(31-21)24-23(20-4-2-3-13-28-20)29-25(32)30(24)17-8-6-16(26)7-9-17/h2-14,23-24H,1H3,(H,29,32)/t23-,24+/m0/s1. The zero-order chi connectivity index (χ0) is 22.2. The van der Waals surface area contributed by atoms with Crippen molar-refractivity contribution in [2.24, 2.45) is 0 Å². The van der Waals surface area contributed by atoms with E-state index in [1.54, 1.807) is 6.20 Å². The van der Waals surface area contributed by atoms with Crippen molar-refractivity contribution in [3.05, 3.63) is 105 Å². The molecule has 1 saturated heterocycles. The molecule has 4 aromatic rings. The number of hydrogen-bond donors (Lipinski definition) is 1. The van der Waals surface area contributed by atoms with Crippen LogP contribution in [0.25, 0.3) is 11.3 Å². The third-order valence-corrected chi connectivity index (χ3v) is 7.01. The molecule has 3 heterocycles. The summed E-state index contributed by atoms with van der Waals surface area (Å²) < 4.78 is 8.46. The Kier molecular flexibility index (Phi) is 5.88. The van der Waals surface area contributed by atoms with Gasteiger partial charge in [-0.1, -0.05) is 44.0 Å². The van der Waals surface area contributed by atoms with Crippen LogP contribution in [0.15, 0.2) is 92.4 Å². The Morgan fingerprint density at radius 3 is 2.53 bits per heavy atom. The lowest BCUT2D eigenvalue weighted by Crippen LogP contribution is -2.29. The molecule has 2 aromatic heterocycles. The number of aryl methyl sites for hydroxylation is 1. The molecule has 0 unspecified atom stereocenters. The minimum atomic E-state index is -0.184. The summed E-state index contributed by atoms with van der Waals surface area (Å²) in [6.45, 7) is 2.07. The lowest BCUT2D eigenvalue weighted by atomic mass is 10.0. The predicted octanol–water partition coefficient (Wildman–Crippen LogP) is 7.35. The number of nitrogens with zero attached hydrogens (tertiary/aromatic N) is 2. The van der Waals surface area contributed by atoms with Crippen molar-refractivity contribution in [3.63, 3.8) is 0 Å². The third kappa shape index (κ3) is 4.00. The van der Waals surface area contributed by atoms with Crippen LogP contribution in [0.3, 0.4) is 0 Å². The number of nitrogens with one attached hydrogen (secondary N) is 1. The van der Waals surface area contributed by atoms with Crippen molar-refractivity contribution in [2.75, 3.05) is 4.90 Å². The first-order chi connectivity index (χ1) is 15.5. The molecule has 1 aliphatic heterocycles. The van der Waals surface area contributed by atoms with E-state index in [9.17, 15) is 0 Å². The van der Waals surface area contributed by atoms with Gasteiger partial charge in [-0.2, -0.15) is 0 Å². The molecule has 0 bridgehead atoms. The maximum absolute atomic E-state index is 6.44. The van der Waals surface area contributed by atoms with Gasteiger partial charge in [0.2, 0.25) is 0 Å². The minimum absolute atomic E-state index is 0.146. The number of furan rings is 1. The van der Waals surface area contributed by atoms with Gasteiger partial charge in [0, 0.05) is 26.4 Å². The van der Waals surface area contributed by atoms with E-state index >= 15 is 0 Å². The fourth-order valence-corrected chi connectivity index (χ4v) is 5.30. The summed E-state index contributed by atoms with van der Waals surface area (Å²) in [5.74, 6) is 1.62. The molecule has 0 amide bonds. The average Bonchev–Trinajstić information content (AvgIpc) is 3.39. The maximum atomic E-state index is 6.44. The fraction of sp³-hybridized carbons (Fsp3) is 0.120. The molecule has 4 nitrogen and oxygen atoms in total. The monoisotopic (exact) mass is 567 g/mol. The zero-order valence-corrected chi connectivity index (χ0v) is 21.1. The van der Waals surface area contributed by atoms with Crippen molar-refractivity contribution in [2.45, 2.75) is 19.0 Å². The molecular formula is C25H19Br2N3OS. The van der Waals surface area contributed by atoms with Crippen LogP contribution >= 0.6 is 44.1 Å². The Morgan fingerprint density at radius 1 is 1.00 bits per heavy atom. The molecular weight excluding hydrogens is 550 g/mol. The van der Waals surface area contributed by atoms with Crippen LogP contribution in [0, 0.1) is 6.92 Å². The summed E-state index contributed by atoms with van der Waals surface area (Å²) in [6.07, 6.45) is 1.80. The van der Waals surface area contributed by atoms with Crippen LogP contribution in [0.4, 0.5) is 5.69 Å². The van der Waals surface area contributed by atoms with E-state index in [4.69, 9.17) is 16.6 Å². The molecule has 32 heavy (non-hydrogen) atoms. The molecule has 0 saturated carbocycles. The molecule has 0 spiro atoms. The van der Waals surface area contributed by atoms with Gasteiger partial charge in [-0.15, -0.1) is 0 Å². The Labute approximate surface area is 208 Å². The van der Waals surface area contributed by atoms with Gasteiger partial charge in [-0.3, -0.25) is 4.98 Å². The highest BCUT2D eigenvalue weighted by molar-refractivity contribution is 9.10. The molecule has 1 aliphatic rings. The lowest BCUT2D eigenvalue weighted by Gasteiger charge is -2.26. The largest absolute Gasteiger partial charge is 0.459 e. The molecule has 5 rings (SSSR count). The second-order valence-electron chi connectivity index (χ2n) is 7.66. The molecule has 0 aliphatic carbocycles. The number of hydrogen-bond acceptors (Lipinski definition) is 3. The Bertz CT molecular complexity index is 1270. The van der Waals surface area contributed by atoms with Crippen molar-refractivity contribution in [3.8, 4) is 11.3 Å². The Hall–Kier alpha value is -2.48. The van der Waals surface area contributed by atoms with Crippen LogP contribution in [0.1, 0.15) is 29.1 Å². The number of pyridine rings is 1. The van der Waals surface area contributed by atoms with Gasteiger partial charge in [-0.05, 0) is 85.4 Å². The summed E-state index contributed by atoms with van der Waals surface area (Å²) >= 11 is 13.0. The zero-order valence-electron chi connectivity index (χ0n) is 17.1. The fourth-order valence-electron chi connectivity index (χ4n) is 4.00. The van der Waals surface area contributed by atoms with Crippen LogP contribution in [-0.4, -0.2) is 10.1 Å². The van der Waals surface area contributed by atoms with Crippen LogP contribution in [0.5, 0.6) is 0 Å². The van der Waals surface area contributed by atoms with Gasteiger partial charge in [0.15, 0.2) is 5.11 Å². The summed E-state index contributed by atoms with van der Waals surface area (Å²) in [7, 11) is 0. The van der Waals surface area contributed by atoms with E-state index in [1.165, 1.54) is 5.56 Å². The number of thiocarbonyl (C=S) groups is 1. The summed E-state index contributed by atoms with van der Waals surface area (Å²) in [5.41, 5.74) is 4.10. The topological polar surface area (TPSA) is 41.3 Å². The predicted molar refractivity (Wildman–Crippen MR) is 139 cm³/mol. The van der Waals surface area contributed by atoms with E-state index in [0.717, 1.165) is 37.4 Å². The van der Waals surface area contributed by atoms with E-state index in [2.05, 4.69) is 72.2 Å². The van der Waals surface area contributed by atoms with Gasteiger partial charge in [-0.25, -0.2) is 0 Å². The molecule has 1 N–H and O–H groups in total. The van der Waals surface area contributed by atoms with Crippen LogP contribution in [0.2, 0.25) is 0 Å². The minimum Gasteiger partial charge on any atom is -0.459 e. The SMILES string of the molecule is Cc1ccc(-c2ccc([C@@H]3[C@H](c4ccccn4)NC(=S)N3c3ccc(Br)cc3)o2)c(Br)c1. The number of anilines is 1. The van der Waals surface area contributed by atoms with Crippen LogP contribution < -0.4 is 10.2 Å². The first kappa shape index (κ1) is 21.4. The van der Waals surface area contributed by atoms with E-state index in [-0.39, 0.29) is 12.1 Å². The van der Waals surface area contributed by atoms with Gasteiger partial charge in [0.1, 0.15) is 17.6 Å². The molecule has 2 atom stereocenters. The second-order valence-corrected chi connectivity index (χ2v) is 9.82. The first-order valence-corrected chi connectivity index (χ1v) is 12.1. The van der Waals surface area contributed by atoms with Crippen molar-refractivity contribution < 1.29 is 4.42 Å². The average molecular weight is 569 g/mol. The van der Waals surface area contributed by atoms with Gasteiger partial charge in [0.25, 0.3) is 0 Å². The highest BCUT2D eigenvalue weighted by Gasteiger charge is 2.42. The molecule has 0 radical (unpaired) electrons. The van der Waals surface area contributed by atoms with Crippen molar-refractivity contribution >= 4 is 54.9 Å². The molecule has 7 heteroatoms. The maximum Gasteiger partial charge on any atom is 0.174 e. The van der Waals surface area contributed by atoms with Gasteiger partial charge < -0.3 is 14.6 Å². The van der Waals surface area contributed by atoms with Crippen molar-refractivity contribution in [1.29, 1.82) is 0 Å². The highest BCUT2D eigenvalue weighted by Crippen LogP contribution is 2.43. The smallest absolute Gasteiger partial charge is 0.174 e. The number of benzene rings is 2. The highest BCUT2D eigenvalue weighted by atomic mass is 79.9. The van der Waals surface area contributed by atoms with Crippen molar-refractivity contribution in [1.82, 2.24) is 10.3 Å². The first-order valence-electron chi connectivity index (χ1n) is 10.1. The molecule has 2 aromatic carbocycles. The van der Waals surface area contributed by atoms with E-state index in [1.807, 2.05) is 54.6 Å². The third-order valence-electron chi connectivity index (χ3n) is 5.51. The number of aromatic nitrogens is 1. The second kappa shape index (κ2) is 8.81. The lowest BCUT2D eigenvalue weighted by molar-refractivity contribution is 0.439. The number of rotatable bonds is 4. The van der Waals surface area contributed by atoms with E-state index in [0.29, 0.717) is 5.11 Å².